The predicted molar refractivity (Wildman–Crippen MR) is 151 cm³/mol. The number of aliphatic hydroxyl groups is 8. The summed E-state index contributed by atoms with van der Waals surface area (Å²) >= 11 is 0. The minimum Gasteiger partial charge on any atom is -0.394 e. The zero-order valence-corrected chi connectivity index (χ0v) is 24.8. The van der Waals surface area contributed by atoms with E-state index in [0.717, 1.165) is 12.8 Å². The summed E-state index contributed by atoms with van der Waals surface area (Å²) in [5.41, 5.74) is 23.4. The number of aliphatic hydroxyl groups excluding tert-OH is 8. The normalized spacial score (nSPS) is 48.0. The first-order chi connectivity index (χ1) is 21.3. The van der Waals surface area contributed by atoms with E-state index in [2.05, 4.69) is 10.6 Å². The molecule has 1 unspecified atom stereocenters. The Morgan fingerprint density at radius 2 is 1.42 bits per heavy atom. The summed E-state index contributed by atoms with van der Waals surface area (Å²) < 4.78 is 23.1. The average Bonchev–Trinajstić information content (AvgIpc) is 3.00. The molecular formula is C26H50N6O13. The Labute approximate surface area is 259 Å². The van der Waals surface area contributed by atoms with Gasteiger partial charge in [0.1, 0.15) is 67.1 Å². The largest absolute Gasteiger partial charge is 0.394 e. The van der Waals surface area contributed by atoms with Gasteiger partial charge in [0.15, 0.2) is 12.6 Å². The Bertz CT molecular complexity index is 953. The topological polar surface area (TPSA) is 344 Å². The molecule has 4 aliphatic rings. The second-order valence-electron chi connectivity index (χ2n) is 12.5. The van der Waals surface area contributed by atoms with Gasteiger partial charge in [0.05, 0.1) is 18.7 Å². The summed E-state index contributed by atoms with van der Waals surface area (Å²) in [6, 6.07) is -3.32. The Kier molecular flexibility index (Phi) is 12.9. The second kappa shape index (κ2) is 15.8. The molecule has 0 radical (unpaired) electrons. The highest BCUT2D eigenvalue weighted by Crippen LogP contribution is 2.32. The van der Waals surface area contributed by atoms with Crippen LogP contribution in [0.25, 0.3) is 0 Å². The zero-order chi connectivity index (χ0) is 33.2. The van der Waals surface area contributed by atoms with Gasteiger partial charge in [-0.05, 0) is 31.7 Å². The van der Waals surface area contributed by atoms with Gasteiger partial charge in [-0.2, -0.15) is 0 Å². The first kappa shape index (κ1) is 36.6. The molecule has 0 bridgehead atoms. The van der Waals surface area contributed by atoms with E-state index in [1.54, 1.807) is 0 Å². The molecule has 19 nitrogen and oxygen atoms in total. The van der Waals surface area contributed by atoms with Crippen molar-refractivity contribution in [3.63, 3.8) is 0 Å². The zero-order valence-electron chi connectivity index (χ0n) is 24.8. The molecule has 19 heteroatoms. The summed E-state index contributed by atoms with van der Waals surface area (Å²) in [6.07, 6.45) is -18.0. The van der Waals surface area contributed by atoms with Gasteiger partial charge < -0.3 is 93.4 Å². The highest BCUT2D eigenvalue weighted by atomic mass is 16.7. The molecule has 0 aromatic carbocycles. The van der Waals surface area contributed by atoms with E-state index in [1.165, 1.54) is 0 Å². The molecule has 2 aliphatic heterocycles. The van der Waals surface area contributed by atoms with E-state index in [1.807, 2.05) is 0 Å². The van der Waals surface area contributed by atoms with Crippen LogP contribution in [0, 0.1) is 5.92 Å². The van der Waals surface area contributed by atoms with Crippen LogP contribution in [0.15, 0.2) is 0 Å². The molecule has 262 valence electrons. The smallest absolute Gasteiger partial charge is 0.250 e. The molecule has 0 spiro atoms. The van der Waals surface area contributed by atoms with E-state index in [9.17, 15) is 45.6 Å². The Morgan fingerprint density at radius 1 is 0.800 bits per heavy atom. The molecule has 2 aliphatic carbocycles. The molecule has 0 aromatic heterocycles. The number of rotatable bonds is 12. The molecule has 45 heavy (non-hydrogen) atoms. The minimum atomic E-state index is -1.75. The second-order valence-corrected chi connectivity index (χ2v) is 12.5. The number of carbonyl (C=O) groups excluding carboxylic acids is 1. The third-order valence-electron chi connectivity index (χ3n) is 9.11. The highest BCUT2D eigenvalue weighted by molar-refractivity contribution is 5.81. The maximum atomic E-state index is 12.5. The van der Waals surface area contributed by atoms with Crippen LogP contribution in [0.4, 0.5) is 0 Å². The summed E-state index contributed by atoms with van der Waals surface area (Å²) in [6.45, 7) is -0.374. The maximum Gasteiger partial charge on any atom is 0.250 e. The third kappa shape index (κ3) is 8.27. The molecule has 2 saturated carbocycles. The minimum absolute atomic E-state index is 0.105. The lowest BCUT2D eigenvalue weighted by atomic mass is 9.81. The lowest BCUT2D eigenvalue weighted by molar-refractivity contribution is -0.333. The standard InChI is InChI=1S/C26H50N6O13/c27-4-12(34)24(41)32-11-3-10(29)22(21(40)23(11)45-25-18(37)15(30)16(35)14(7-33)43-25)44-26-20(39)19(38)17(36)13(42-26)6-31-5-8-1-9(28)2-8/h8-23,25-26,31,33-40H,1-7,27-30H2,(H,32,41)/t8?,9?,10-,11+,12-,13+,14+,15-,16+,17+,18+,19-,20+,21-,22?,23-,25+,26+/m0/s1. The monoisotopic (exact) mass is 654 g/mol. The van der Waals surface area contributed by atoms with Gasteiger partial charge in [-0.1, -0.05) is 0 Å². The van der Waals surface area contributed by atoms with Crippen LogP contribution in [0.5, 0.6) is 0 Å². The van der Waals surface area contributed by atoms with E-state index in [0.29, 0.717) is 12.5 Å². The van der Waals surface area contributed by atoms with Gasteiger partial charge in [0.25, 0.3) is 0 Å². The molecule has 18 N–H and O–H groups in total. The molecule has 4 fully saturated rings. The van der Waals surface area contributed by atoms with Gasteiger partial charge in [-0.3, -0.25) is 4.79 Å². The molecule has 2 heterocycles. The van der Waals surface area contributed by atoms with Crippen molar-refractivity contribution < 1.29 is 64.6 Å². The van der Waals surface area contributed by atoms with E-state index < -0.39 is 117 Å². The Balaban J connectivity index is 1.49. The van der Waals surface area contributed by atoms with Crippen molar-refractivity contribution in [2.75, 3.05) is 26.2 Å². The van der Waals surface area contributed by atoms with Gasteiger partial charge >= 0.3 is 0 Å². The summed E-state index contributed by atoms with van der Waals surface area (Å²) in [4.78, 5) is 12.5. The van der Waals surface area contributed by atoms with Gasteiger partial charge in [0, 0.05) is 25.2 Å². The number of hydrogen-bond donors (Lipinski definition) is 14. The van der Waals surface area contributed by atoms with Gasteiger partial charge in [-0.25, -0.2) is 0 Å². The number of amides is 1. The maximum absolute atomic E-state index is 12.5. The Morgan fingerprint density at radius 3 is 2.04 bits per heavy atom. The molecule has 2 saturated heterocycles. The highest BCUT2D eigenvalue weighted by Gasteiger charge is 2.52. The van der Waals surface area contributed by atoms with Crippen molar-refractivity contribution in [2.45, 2.75) is 123 Å². The predicted octanol–water partition coefficient (Wildman–Crippen LogP) is -8.45. The number of nitrogens with one attached hydrogen (secondary N) is 2. The first-order valence-corrected chi connectivity index (χ1v) is 15.2. The first-order valence-electron chi connectivity index (χ1n) is 15.2. The fraction of sp³-hybridized carbons (Fsp3) is 0.962. The van der Waals surface area contributed by atoms with Gasteiger partial charge in [-0.15, -0.1) is 0 Å². The molecule has 0 aromatic rings. The van der Waals surface area contributed by atoms with Gasteiger partial charge in [0.2, 0.25) is 5.91 Å². The van der Waals surface area contributed by atoms with Crippen molar-refractivity contribution in [3.05, 3.63) is 0 Å². The summed E-state index contributed by atoms with van der Waals surface area (Å²) in [5.74, 6) is -0.533. The number of hydrogen-bond acceptors (Lipinski definition) is 18. The fourth-order valence-corrected chi connectivity index (χ4v) is 6.24. The summed E-state index contributed by atoms with van der Waals surface area (Å²) in [7, 11) is 0. The lowest BCUT2D eigenvalue weighted by Gasteiger charge is -2.49. The van der Waals surface area contributed by atoms with Crippen LogP contribution in [-0.4, -0.2) is 177 Å². The van der Waals surface area contributed by atoms with Crippen LogP contribution >= 0.6 is 0 Å². The van der Waals surface area contributed by atoms with Crippen LogP contribution in [0.3, 0.4) is 0 Å². The van der Waals surface area contributed by atoms with Crippen molar-refractivity contribution >= 4 is 5.91 Å². The average molecular weight is 655 g/mol. The molecule has 1 amide bonds. The fourth-order valence-electron chi connectivity index (χ4n) is 6.24. The number of carbonyl (C=O) groups is 1. The van der Waals surface area contributed by atoms with Crippen molar-refractivity contribution in [3.8, 4) is 0 Å². The van der Waals surface area contributed by atoms with E-state index >= 15 is 0 Å². The van der Waals surface area contributed by atoms with Crippen LogP contribution in [-0.2, 0) is 23.7 Å². The SMILES string of the molecule is NC[C@H](O)C(=O)N[C@@H]1C[C@H](N)C(O[C@H]2O[C@H](CNCC3CC(N)C3)[C@@H](O)[C@H](O)[C@H]2O)[C@H](O)[C@H]1O[C@H]1O[C@H](CO)[C@@H](O)[C@H](N)[C@H]1O. The number of nitrogens with two attached hydrogens (primary N) is 4. The van der Waals surface area contributed by atoms with Crippen molar-refractivity contribution in [1.29, 1.82) is 0 Å². The number of ether oxygens (including phenoxy) is 4. The molecule has 16 atom stereocenters. The molecular weight excluding hydrogens is 604 g/mol. The third-order valence-corrected chi connectivity index (χ3v) is 9.11. The van der Waals surface area contributed by atoms with E-state index in [-0.39, 0.29) is 19.0 Å². The molecule has 4 rings (SSSR count). The Hall–Kier alpha value is -1.21. The van der Waals surface area contributed by atoms with Crippen LogP contribution < -0.4 is 33.6 Å². The van der Waals surface area contributed by atoms with Crippen molar-refractivity contribution in [1.82, 2.24) is 10.6 Å². The van der Waals surface area contributed by atoms with Crippen molar-refractivity contribution in [2.24, 2.45) is 28.9 Å². The van der Waals surface area contributed by atoms with Crippen LogP contribution in [0.1, 0.15) is 19.3 Å². The van der Waals surface area contributed by atoms with Crippen LogP contribution in [0.2, 0.25) is 0 Å². The quantitative estimate of drug-likeness (QED) is 0.0928. The lowest BCUT2D eigenvalue weighted by Crippen LogP contribution is -2.69. The van der Waals surface area contributed by atoms with E-state index in [4.69, 9.17) is 41.9 Å². The summed E-state index contributed by atoms with van der Waals surface area (Å²) in [5, 5.41) is 89.3.